The molecule has 0 amide bonds. The Morgan fingerprint density at radius 2 is 0.891 bits per heavy atom. The number of hydrogen-bond donors (Lipinski definition) is 0. The van der Waals surface area contributed by atoms with Gasteiger partial charge in [0.25, 0.3) is 0 Å². The van der Waals surface area contributed by atoms with E-state index in [-0.39, 0.29) is 0 Å². The van der Waals surface area contributed by atoms with Crippen LogP contribution in [-0.2, 0) is 0 Å². The van der Waals surface area contributed by atoms with Crippen molar-refractivity contribution in [2.24, 2.45) is 0 Å². The molecule has 2 heterocycles. The van der Waals surface area contributed by atoms with Crippen LogP contribution in [0.25, 0.3) is 82.5 Å². The van der Waals surface area contributed by atoms with E-state index in [4.69, 9.17) is 4.42 Å². The van der Waals surface area contributed by atoms with Crippen molar-refractivity contribution in [3.8, 4) is 27.9 Å². The van der Waals surface area contributed by atoms with Crippen LogP contribution in [0.15, 0.2) is 211 Å². The van der Waals surface area contributed by atoms with Gasteiger partial charge in [-0.1, -0.05) is 133 Å². The van der Waals surface area contributed by atoms with E-state index in [2.05, 4.69) is 204 Å². The molecular weight excluding hydrogens is 669 g/mol. The number of fused-ring (bicyclic) bond motifs is 7. The standard InChI is InChI=1S/C52H34N2O/c1-2-12-38-33-39(22-21-35(38)11-1)36-23-27-40(28-24-36)53(42-31-32-47-46-16-6-10-20-51(46)55-52(47)34-42)41-29-25-37(26-30-41)43-13-3-7-17-48(43)54-49-18-8-4-14-44(49)45-15-5-9-19-50(45)54/h1-34H. The maximum atomic E-state index is 6.38. The fourth-order valence-corrected chi connectivity index (χ4v) is 8.36. The number of rotatable bonds is 6. The molecule has 0 fully saturated rings. The minimum atomic E-state index is 0.869. The molecule has 258 valence electrons. The first-order valence-corrected chi connectivity index (χ1v) is 18.8. The molecule has 0 saturated heterocycles. The van der Waals surface area contributed by atoms with Crippen molar-refractivity contribution >= 4 is 71.6 Å². The highest BCUT2D eigenvalue weighted by atomic mass is 16.3. The van der Waals surface area contributed by atoms with Crippen molar-refractivity contribution in [2.45, 2.75) is 0 Å². The third-order valence-electron chi connectivity index (χ3n) is 11.0. The molecule has 0 atom stereocenters. The summed E-state index contributed by atoms with van der Waals surface area (Å²) in [6.45, 7) is 0. The van der Waals surface area contributed by atoms with Gasteiger partial charge in [-0.2, -0.15) is 0 Å². The van der Waals surface area contributed by atoms with Gasteiger partial charge in [0.1, 0.15) is 11.2 Å². The van der Waals surface area contributed by atoms with Crippen molar-refractivity contribution in [1.82, 2.24) is 4.57 Å². The molecule has 0 unspecified atom stereocenters. The number of anilines is 3. The van der Waals surface area contributed by atoms with E-state index in [9.17, 15) is 0 Å². The Hall–Kier alpha value is -7.36. The number of nitrogens with zero attached hydrogens (tertiary/aromatic N) is 2. The van der Waals surface area contributed by atoms with Crippen molar-refractivity contribution < 1.29 is 4.42 Å². The molecule has 0 spiro atoms. The highest BCUT2D eigenvalue weighted by Crippen LogP contribution is 2.41. The van der Waals surface area contributed by atoms with Gasteiger partial charge in [0.15, 0.2) is 0 Å². The van der Waals surface area contributed by atoms with Crippen LogP contribution >= 0.6 is 0 Å². The summed E-state index contributed by atoms with van der Waals surface area (Å²) in [5.41, 5.74) is 13.2. The molecule has 0 radical (unpaired) electrons. The van der Waals surface area contributed by atoms with E-state index in [1.54, 1.807) is 0 Å². The molecule has 3 nitrogen and oxygen atoms in total. The normalized spacial score (nSPS) is 11.6. The number of furan rings is 1. The molecule has 0 bridgehead atoms. The monoisotopic (exact) mass is 702 g/mol. The molecule has 9 aromatic carbocycles. The number of hydrogen-bond acceptors (Lipinski definition) is 2. The quantitative estimate of drug-likeness (QED) is 0.172. The molecule has 11 aromatic rings. The smallest absolute Gasteiger partial charge is 0.137 e. The number of aromatic nitrogens is 1. The lowest BCUT2D eigenvalue weighted by molar-refractivity contribution is 0.669. The lowest BCUT2D eigenvalue weighted by atomic mass is 10.0. The minimum absolute atomic E-state index is 0.869. The van der Waals surface area contributed by atoms with E-state index in [0.29, 0.717) is 0 Å². The van der Waals surface area contributed by atoms with Gasteiger partial charge in [-0.25, -0.2) is 0 Å². The molecule has 2 aromatic heterocycles. The third-order valence-corrected chi connectivity index (χ3v) is 11.0. The largest absolute Gasteiger partial charge is 0.456 e. The topological polar surface area (TPSA) is 21.3 Å². The predicted molar refractivity (Wildman–Crippen MR) is 231 cm³/mol. The molecule has 11 rings (SSSR count). The van der Waals surface area contributed by atoms with Gasteiger partial charge in [0.2, 0.25) is 0 Å². The van der Waals surface area contributed by atoms with Gasteiger partial charge in [-0.3, -0.25) is 0 Å². The second-order valence-electron chi connectivity index (χ2n) is 14.2. The highest BCUT2D eigenvalue weighted by molar-refractivity contribution is 6.10. The van der Waals surface area contributed by atoms with E-state index in [1.807, 2.05) is 12.1 Å². The van der Waals surface area contributed by atoms with Crippen LogP contribution in [0.2, 0.25) is 0 Å². The molecule has 0 N–H and O–H groups in total. The third kappa shape index (κ3) is 5.20. The average Bonchev–Trinajstić information content (AvgIpc) is 3.80. The maximum Gasteiger partial charge on any atom is 0.137 e. The summed E-state index contributed by atoms with van der Waals surface area (Å²) < 4.78 is 8.79. The molecule has 0 aliphatic carbocycles. The Labute approximate surface area is 318 Å². The van der Waals surface area contributed by atoms with Crippen LogP contribution in [0.3, 0.4) is 0 Å². The van der Waals surface area contributed by atoms with Gasteiger partial charge < -0.3 is 13.9 Å². The predicted octanol–water partition coefficient (Wildman–Crippen LogP) is 14.6. The van der Waals surface area contributed by atoms with Gasteiger partial charge in [0, 0.05) is 50.2 Å². The lowest BCUT2D eigenvalue weighted by Gasteiger charge is -2.26. The van der Waals surface area contributed by atoms with Crippen molar-refractivity contribution in [2.75, 3.05) is 4.90 Å². The van der Waals surface area contributed by atoms with E-state index in [1.165, 1.54) is 49.3 Å². The Bertz CT molecular complexity index is 3150. The maximum absolute atomic E-state index is 6.38. The summed E-state index contributed by atoms with van der Waals surface area (Å²) in [6, 6.07) is 74.0. The van der Waals surface area contributed by atoms with Crippen LogP contribution < -0.4 is 4.90 Å². The zero-order chi connectivity index (χ0) is 36.3. The van der Waals surface area contributed by atoms with Crippen LogP contribution in [0.4, 0.5) is 17.1 Å². The average molecular weight is 703 g/mol. The lowest BCUT2D eigenvalue weighted by Crippen LogP contribution is -2.09. The molecular formula is C52H34N2O. The Morgan fingerprint density at radius 3 is 1.64 bits per heavy atom. The first kappa shape index (κ1) is 31.2. The molecule has 0 saturated carbocycles. The van der Waals surface area contributed by atoms with Crippen LogP contribution in [-0.4, -0.2) is 4.57 Å². The summed E-state index contributed by atoms with van der Waals surface area (Å²) in [6.07, 6.45) is 0. The van der Waals surface area contributed by atoms with Gasteiger partial charge in [-0.05, 0) is 94.2 Å². The Balaban J connectivity index is 1.02. The first-order chi connectivity index (χ1) is 27.3. The highest BCUT2D eigenvalue weighted by Gasteiger charge is 2.18. The summed E-state index contributed by atoms with van der Waals surface area (Å²) in [5.74, 6) is 0. The second kappa shape index (κ2) is 12.6. The summed E-state index contributed by atoms with van der Waals surface area (Å²) in [5, 5.41) is 7.24. The fourth-order valence-electron chi connectivity index (χ4n) is 8.36. The van der Waals surface area contributed by atoms with Crippen LogP contribution in [0.5, 0.6) is 0 Å². The number of benzene rings is 9. The van der Waals surface area contributed by atoms with Crippen LogP contribution in [0.1, 0.15) is 0 Å². The second-order valence-corrected chi connectivity index (χ2v) is 14.2. The van der Waals surface area contributed by atoms with Gasteiger partial charge in [-0.15, -0.1) is 0 Å². The SMILES string of the molecule is c1ccc(-n2c3ccccc3c3ccccc32)c(-c2ccc(N(c3ccc(-c4ccc5ccccc5c4)cc3)c3ccc4c(c3)oc3ccccc34)cc2)c1. The number of para-hydroxylation sites is 4. The molecule has 0 aliphatic rings. The zero-order valence-corrected chi connectivity index (χ0v) is 29.9. The minimum Gasteiger partial charge on any atom is -0.456 e. The fraction of sp³-hybridized carbons (Fsp3) is 0. The summed E-state index contributed by atoms with van der Waals surface area (Å²) in [7, 11) is 0. The zero-order valence-electron chi connectivity index (χ0n) is 29.9. The Kier molecular flexibility index (Phi) is 7.17. The van der Waals surface area contributed by atoms with Gasteiger partial charge >= 0.3 is 0 Å². The van der Waals surface area contributed by atoms with E-state index >= 15 is 0 Å². The molecule has 0 aliphatic heterocycles. The van der Waals surface area contributed by atoms with Crippen LogP contribution in [0, 0.1) is 0 Å². The first-order valence-electron chi connectivity index (χ1n) is 18.8. The van der Waals surface area contributed by atoms with Crippen molar-refractivity contribution in [3.05, 3.63) is 206 Å². The van der Waals surface area contributed by atoms with Crippen molar-refractivity contribution in [3.63, 3.8) is 0 Å². The summed E-state index contributed by atoms with van der Waals surface area (Å²) >= 11 is 0. The van der Waals surface area contributed by atoms with E-state index < -0.39 is 0 Å². The van der Waals surface area contributed by atoms with Crippen molar-refractivity contribution in [1.29, 1.82) is 0 Å². The van der Waals surface area contributed by atoms with Gasteiger partial charge in [0.05, 0.1) is 16.7 Å². The molecule has 55 heavy (non-hydrogen) atoms. The summed E-state index contributed by atoms with van der Waals surface area (Å²) in [4.78, 5) is 2.32. The Morgan fingerprint density at radius 1 is 0.345 bits per heavy atom. The molecule has 3 heteroatoms. The van der Waals surface area contributed by atoms with E-state index in [0.717, 1.165) is 50.3 Å².